The van der Waals surface area contributed by atoms with Crippen LogP contribution in [-0.2, 0) is 4.74 Å². The van der Waals surface area contributed by atoms with Gasteiger partial charge in [0.1, 0.15) is 5.60 Å². The first-order valence-corrected chi connectivity index (χ1v) is 5.39. The molecule has 0 bridgehead atoms. The smallest absolute Gasteiger partial charge is 0.409 e. The number of carbonyl (C=O) groups is 1. The zero-order valence-electron chi connectivity index (χ0n) is 9.91. The summed E-state index contributed by atoms with van der Waals surface area (Å²) in [7, 11) is 0. The number of rotatable bonds is 1. The molecule has 0 saturated heterocycles. The molecule has 90 valence electrons. The van der Waals surface area contributed by atoms with E-state index in [1.54, 1.807) is 20.8 Å². The standard InChI is InChI=1S/C11H18N2O3/c1-10(2,3)16-9(15)13-11(7-12)6-4-5-8(11)14/h8,14H,4-6H2,1-3H3,(H,13,15)/t8-,11-/m1/s1. The van der Waals surface area contributed by atoms with E-state index in [1.165, 1.54) is 0 Å². The molecule has 1 aliphatic carbocycles. The largest absolute Gasteiger partial charge is 0.444 e. The molecule has 5 heteroatoms. The van der Waals surface area contributed by atoms with Crippen LogP contribution in [0.2, 0.25) is 0 Å². The van der Waals surface area contributed by atoms with E-state index in [9.17, 15) is 9.90 Å². The van der Waals surface area contributed by atoms with Crippen molar-refractivity contribution in [3.8, 4) is 6.07 Å². The van der Waals surface area contributed by atoms with Crippen molar-refractivity contribution in [1.29, 1.82) is 5.26 Å². The van der Waals surface area contributed by atoms with Gasteiger partial charge in [0.25, 0.3) is 0 Å². The van der Waals surface area contributed by atoms with Gasteiger partial charge in [0, 0.05) is 0 Å². The van der Waals surface area contributed by atoms with Gasteiger partial charge in [0.05, 0.1) is 12.2 Å². The predicted molar refractivity (Wildman–Crippen MR) is 57.6 cm³/mol. The molecule has 5 nitrogen and oxygen atoms in total. The molecule has 0 heterocycles. The fourth-order valence-electron chi connectivity index (χ4n) is 1.78. The van der Waals surface area contributed by atoms with Crippen LogP contribution in [0, 0.1) is 11.3 Å². The minimum absolute atomic E-state index is 0.462. The van der Waals surface area contributed by atoms with E-state index in [1.807, 2.05) is 6.07 Å². The highest BCUT2D eigenvalue weighted by atomic mass is 16.6. The Balaban J connectivity index is 2.65. The summed E-state index contributed by atoms with van der Waals surface area (Å²) in [4.78, 5) is 11.5. The van der Waals surface area contributed by atoms with Gasteiger partial charge in [0.15, 0.2) is 5.54 Å². The van der Waals surface area contributed by atoms with Gasteiger partial charge in [-0.05, 0) is 40.0 Å². The fourth-order valence-corrected chi connectivity index (χ4v) is 1.78. The molecule has 1 amide bonds. The number of aliphatic hydroxyl groups excluding tert-OH is 1. The highest BCUT2D eigenvalue weighted by molar-refractivity contribution is 5.69. The Bertz CT molecular complexity index is 316. The third-order valence-corrected chi connectivity index (χ3v) is 2.54. The maximum atomic E-state index is 11.5. The topological polar surface area (TPSA) is 82.3 Å². The third kappa shape index (κ3) is 2.86. The molecule has 16 heavy (non-hydrogen) atoms. The first kappa shape index (κ1) is 12.8. The van der Waals surface area contributed by atoms with Crippen LogP contribution in [0.25, 0.3) is 0 Å². The molecule has 1 fully saturated rings. The van der Waals surface area contributed by atoms with Gasteiger partial charge < -0.3 is 15.2 Å². The van der Waals surface area contributed by atoms with Crippen molar-refractivity contribution in [2.45, 2.75) is 57.3 Å². The van der Waals surface area contributed by atoms with Crippen molar-refractivity contribution in [3.05, 3.63) is 0 Å². The molecule has 0 aliphatic heterocycles. The van der Waals surface area contributed by atoms with E-state index in [2.05, 4.69) is 5.32 Å². The maximum absolute atomic E-state index is 11.5. The fraction of sp³-hybridized carbons (Fsp3) is 0.818. The van der Waals surface area contributed by atoms with Gasteiger partial charge in [-0.2, -0.15) is 5.26 Å². The number of aliphatic hydroxyl groups is 1. The summed E-state index contributed by atoms with van der Waals surface area (Å²) < 4.78 is 5.06. The first-order valence-electron chi connectivity index (χ1n) is 5.39. The summed E-state index contributed by atoms with van der Waals surface area (Å²) in [5, 5.41) is 21.2. The highest BCUT2D eigenvalue weighted by Gasteiger charge is 2.44. The van der Waals surface area contributed by atoms with E-state index < -0.39 is 23.3 Å². The van der Waals surface area contributed by atoms with E-state index in [4.69, 9.17) is 10.00 Å². The normalized spacial score (nSPS) is 29.6. The lowest BCUT2D eigenvalue weighted by Gasteiger charge is -2.28. The summed E-state index contributed by atoms with van der Waals surface area (Å²) >= 11 is 0. The number of amides is 1. The van der Waals surface area contributed by atoms with Crippen molar-refractivity contribution in [2.24, 2.45) is 0 Å². The zero-order chi connectivity index (χ0) is 12.4. The lowest BCUT2D eigenvalue weighted by atomic mass is 9.97. The van der Waals surface area contributed by atoms with Gasteiger partial charge in [-0.1, -0.05) is 0 Å². The lowest BCUT2D eigenvalue weighted by molar-refractivity contribution is 0.0384. The Morgan fingerprint density at radius 2 is 2.25 bits per heavy atom. The van der Waals surface area contributed by atoms with Gasteiger partial charge >= 0.3 is 6.09 Å². The molecule has 0 aromatic rings. The number of hydrogen-bond acceptors (Lipinski definition) is 4. The Labute approximate surface area is 95.4 Å². The summed E-state index contributed by atoms with van der Waals surface area (Å²) in [6.07, 6.45) is 0.248. The second kappa shape index (κ2) is 4.30. The SMILES string of the molecule is CC(C)(C)OC(=O)N[C@@]1(C#N)CCC[C@H]1O. The Morgan fingerprint density at radius 3 is 2.62 bits per heavy atom. The molecule has 0 spiro atoms. The van der Waals surface area contributed by atoms with Crippen molar-refractivity contribution >= 4 is 6.09 Å². The summed E-state index contributed by atoms with van der Waals surface area (Å²) in [5.74, 6) is 0. The van der Waals surface area contributed by atoms with Crippen LogP contribution in [0.3, 0.4) is 0 Å². The Kier molecular flexibility index (Phi) is 3.44. The van der Waals surface area contributed by atoms with Crippen molar-refractivity contribution in [2.75, 3.05) is 0 Å². The van der Waals surface area contributed by atoms with E-state index in [0.717, 1.165) is 6.42 Å². The average molecular weight is 226 g/mol. The predicted octanol–water partition coefficient (Wildman–Crippen LogP) is 1.32. The lowest BCUT2D eigenvalue weighted by Crippen LogP contribution is -2.53. The molecule has 0 aromatic carbocycles. The van der Waals surface area contributed by atoms with Gasteiger partial charge in [-0.25, -0.2) is 4.79 Å². The molecule has 0 aromatic heterocycles. The van der Waals surface area contributed by atoms with Gasteiger partial charge in [-0.15, -0.1) is 0 Å². The second-order valence-electron chi connectivity index (χ2n) is 5.12. The highest BCUT2D eigenvalue weighted by Crippen LogP contribution is 2.29. The molecule has 0 unspecified atom stereocenters. The number of nitrogens with zero attached hydrogens (tertiary/aromatic N) is 1. The first-order chi connectivity index (χ1) is 7.29. The molecule has 1 saturated carbocycles. The minimum atomic E-state index is -1.18. The van der Waals surface area contributed by atoms with Crippen molar-refractivity contribution < 1.29 is 14.6 Å². The van der Waals surface area contributed by atoms with Crippen molar-refractivity contribution in [3.63, 3.8) is 0 Å². The van der Waals surface area contributed by atoms with Crippen LogP contribution in [-0.4, -0.2) is 28.4 Å². The minimum Gasteiger partial charge on any atom is -0.444 e. The second-order valence-corrected chi connectivity index (χ2v) is 5.12. The van der Waals surface area contributed by atoms with Gasteiger partial charge in [0.2, 0.25) is 0 Å². The molecular weight excluding hydrogens is 208 g/mol. The number of ether oxygens (including phenoxy) is 1. The van der Waals surface area contributed by atoms with Crippen LogP contribution >= 0.6 is 0 Å². The number of hydrogen-bond donors (Lipinski definition) is 2. The Hall–Kier alpha value is -1.28. The van der Waals surface area contributed by atoms with Gasteiger partial charge in [-0.3, -0.25) is 0 Å². The molecule has 2 N–H and O–H groups in total. The van der Waals surface area contributed by atoms with Crippen LogP contribution < -0.4 is 5.32 Å². The number of alkyl carbamates (subject to hydrolysis) is 1. The van der Waals surface area contributed by atoms with Crippen LogP contribution in [0.15, 0.2) is 0 Å². The quantitative estimate of drug-likeness (QED) is 0.706. The molecule has 2 atom stereocenters. The number of nitrogens with one attached hydrogen (secondary N) is 1. The van der Waals surface area contributed by atoms with Crippen molar-refractivity contribution in [1.82, 2.24) is 5.32 Å². The monoisotopic (exact) mass is 226 g/mol. The maximum Gasteiger partial charge on any atom is 0.409 e. The Morgan fingerprint density at radius 1 is 1.62 bits per heavy atom. The van der Waals surface area contributed by atoms with E-state index >= 15 is 0 Å². The van der Waals surface area contributed by atoms with Crippen LogP contribution in [0.1, 0.15) is 40.0 Å². The zero-order valence-corrected chi connectivity index (χ0v) is 9.91. The molecular formula is C11H18N2O3. The number of carbonyl (C=O) groups excluding carboxylic acids is 1. The summed E-state index contributed by atoms with van der Waals surface area (Å²) in [6.45, 7) is 5.24. The van der Waals surface area contributed by atoms with E-state index in [-0.39, 0.29) is 0 Å². The van der Waals surface area contributed by atoms with E-state index in [0.29, 0.717) is 12.8 Å². The summed E-state index contributed by atoms with van der Waals surface area (Å²) in [6, 6.07) is 1.98. The molecule has 1 rings (SSSR count). The molecule has 0 radical (unpaired) electrons. The number of nitriles is 1. The average Bonchev–Trinajstić information content (AvgIpc) is 2.45. The summed E-state index contributed by atoms with van der Waals surface area (Å²) in [5.41, 5.74) is -1.79. The van der Waals surface area contributed by atoms with Crippen LogP contribution in [0.5, 0.6) is 0 Å². The third-order valence-electron chi connectivity index (χ3n) is 2.54. The van der Waals surface area contributed by atoms with Crippen LogP contribution in [0.4, 0.5) is 4.79 Å². The molecule has 1 aliphatic rings.